The Hall–Kier alpha value is -0.396. The SMILES string of the molecule is C=C(C)C(=O)OCCC[SiH2]O[SiH3]. The zero-order valence-corrected chi connectivity index (χ0v) is 11.2. The van der Waals surface area contributed by atoms with Crippen molar-refractivity contribution in [2.75, 3.05) is 6.61 Å². The van der Waals surface area contributed by atoms with E-state index in [2.05, 4.69) is 6.58 Å². The van der Waals surface area contributed by atoms with Crippen LogP contribution in [0.15, 0.2) is 12.2 Å². The number of rotatable bonds is 6. The molecule has 0 aromatic carbocycles. The van der Waals surface area contributed by atoms with Crippen LogP contribution < -0.4 is 0 Å². The highest BCUT2D eigenvalue weighted by atomic mass is 28.3. The third-order valence-corrected chi connectivity index (χ3v) is 3.75. The van der Waals surface area contributed by atoms with Crippen LogP contribution in [0.1, 0.15) is 13.3 Å². The van der Waals surface area contributed by atoms with E-state index < -0.39 is 0 Å². The summed E-state index contributed by atoms with van der Waals surface area (Å²) < 4.78 is 10.0. The van der Waals surface area contributed by atoms with Gasteiger partial charge in [0.05, 0.1) is 6.61 Å². The first-order valence-corrected chi connectivity index (χ1v) is 6.39. The van der Waals surface area contributed by atoms with Crippen LogP contribution in [-0.4, -0.2) is 32.8 Å². The molecule has 0 radical (unpaired) electrons. The van der Waals surface area contributed by atoms with Crippen LogP contribution in [0, 0.1) is 0 Å². The van der Waals surface area contributed by atoms with Gasteiger partial charge in [-0.05, 0) is 19.4 Å². The average Bonchev–Trinajstić information content (AvgIpc) is 2.03. The molecule has 12 heavy (non-hydrogen) atoms. The monoisotopic (exact) mass is 204 g/mol. The van der Waals surface area contributed by atoms with Crippen molar-refractivity contribution in [1.82, 2.24) is 0 Å². The van der Waals surface area contributed by atoms with Crippen LogP contribution in [-0.2, 0) is 13.6 Å². The van der Waals surface area contributed by atoms with Crippen LogP contribution in [0.5, 0.6) is 0 Å². The van der Waals surface area contributed by atoms with Crippen LogP contribution >= 0.6 is 0 Å². The zero-order valence-electron chi connectivity index (χ0n) is 7.76. The van der Waals surface area contributed by atoms with Gasteiger partial charge in [0.15, 0.2) is 0 Å². The maximum Gasteiger partial charge on any atom is 0.333 e. The van der Waals surface area contributed by atoms with Gasteiger partial charge in [-0.15, -0.1) is 0 Å². The zero-order chi connectivity index (χ0) is 9.40. The molecule has 0 aliphatic heterocycles. The minimum absolute atomic E-state index is 0.288. The molecule has 5 heteroatoms. The van der Waals surface area contributed by atoms with Crippen molar-refractivity contribution in [3.05, 3.63) is 12.2 Å². The Bertz CT molecular complexity index is 159. The molecule has 0 rings (SSSR count). The van der Waals surface area contributed by atoms with Crippen LogP contribution in [0.25, 0.3) is 0 Å². The van der Waals surface area contributed by atoms with Crippen molar-refractivity contribution in [3.8, 4) is 0 Å². The van der Waals surface area contributed by atoms with E-state index in [-0.39, 0.29) is 15.7 Å². The molecule has 0 aliphatic carbocycles. The molecule has 0 bridgehead atoms. The Labute approximate surface area is 78.6 Å². The third kappa shape index (κ3) is 6.32. The minimum Gasteiger partial charge on any atom is -0.468 e. The number of ether oxygens (including phenoxy) is 1. The van der Waals surface area contributed by atoms with Crippen molar-refractivity contribution >= 4 is 26.2 Å². The standard InChI is InChI=1S/C7H16O3Si2/c1-6(2)7(8)9-4-3-5-12-10-11/h1,3-5,12H2,2,11H3. The van der Waals surface area contributed by atoms with Crippen LogP contribution in [0.4, 0.5) is 0 Å². The van der Waals surface area contributed by atoms with Crippen molar-refractivity contribution < 1.29 is 13.6 Å². The van der Waals surface area contributed by atoms with Gasteiger partial charge in [-0.3, -0.25) is 0 Å². The molecule has 3 nitrogen and oxygen atoms in total. The lowest BCUT2D eigenvalue weighted by atomic mass is 10.4. The lowest BCUT2D eigenvalue weighted by Gasteiger charge is -2.02. The predicted octanol–water partition coefficient (Wildman–Crippen LogP) is -0.705. The molecule has 0 N–H and O–H groups in total. The Kier molecular flexibility index (Phi) is 7.02. The first-order chi connectivity index (χ1) is 5.68. The predicted molar refractivity (Wildman–Crippen MR) is 54.8 cm³/mol. The number of carbonyl (C=O) groups excluding carboxylic acids is 1. The van der Waals surface area contributed by atoms with Crippen LogP contribution in [0.3, 0.4) is 0 Å². The molecular formula is C7H16O3Si2. The normalized spacial score (nSPS) is 10.8. The smallest absolute Gasteiger partial charge is 0.333 e. The summed E-state index contributed by atoms with van der Waals surface area (Å²) in [6.07, 6.45) is 0.924. The van der Waals surface area contributed by atoms with Crippen molar-refractivity contribution in [2.45, 2.75) is 19.4 Å². The lowest BCUT2D eigenvalue weighted by molar-refractivity contribution is -0.138. The topological polar surface area (TPSA) is 35.5 Å². The summed E-state index contributed by atoms with van der Waals surface area (Å²) in [6.45, 7) is 5.64. The van der Waals surface area contributed by atoms with E-state index in [0.717, 1.165) is 23.0 Å². The van der Waals surface area contributed by atoms with Gasteiger partial charge >= 0.3 is 5.97 Å². The van der Waals surface area contributed by atoms with E-state index in [1.807, 2.05) is 0 Å². The molecule has 0 heterocycles. The molecule has 0 atom stereocenters. The number of esters is 1. The van der Waals surface area contributed by atoms with Crippen molar-refractivity contribution in [2.24, 2.45) is 0 Å². The number of carbonyl (C=O) groups is 1. The second-order valence-corrected chi connectivity index (χ2v) is 6.04. The molecule has 0 fully saturated rings. The van der Waals surface area contributed by atoms with Crippen molar-refractivity contribution in [1.29, 1.82) is 0 Å². The molecule has 0 aromatic rings. The molecular weight excluding hydrogens is 188 g/mol. The van der Waals surface area contributed by atoms with Gasteiger partial charge < -0.3 is 8.85 Å². The summed E-state index contributed by atoms with van der Waals surface area (Å²) in [6, 6.07) is 1.09. The summed E-state index contributed by atoms with van der Waals surface area (Å²) in [4.78, 5) is 10.8. The second kappa shape index (κ2) is 7.26. The van der Waals surface area contributed by atoms with Gasteiger partial charge in [0.2, 0.25) is 0 Å². The Morgan fingerprint density at radius 2 is 2.33 bits per heavy atom. The summed E-state index contributed by atoms with van der Waals surface area (Å²) in [5.41, 5.74) is 0.464. The van der Waals surface area contributed by atoms with Crippen LogP contribution in [0.2, 0.25) is 6.04 Å². The largest absolute Gasteiger partial charge is 0.468 e. The minimum atomic E-state index is -0.295. The summed E-state index contributed by atoms with van der Waals surface area (Å²) in [5.74, 6) is -0.288. The molecule has 0 spiro atoms. The molecule has 0 saturated carbocycles. The lowest BCUT2D eigenvalue weighted by Crippen LogP contribution is -2.07. The molecule has 0 amide bonds. The Morgan fingerprint density at radius 3 is 2.83 bits per heavy atom. The fourth-order valence-electron chi connectivity index (χ4n) is 0.637. The van der Waals surface area contributed by atoms with E-state index in [4.69, 9.17) is 8.85 Å². The van der Waals surface area contributed by atoms with Gasteiger partial charge in [0.1, 0.15) is 20.2 Å². The van der Waals surface area contributed by atoms with Crippen molar-refractivity contribution in [3.63, 3.8) is 0 Å². The van der Waals surface area contributed by atoms with Gasteiger partial charge in [-0.25, -0.2) is 4.79 Å². The van der Waals surface area contributed by atoms with E-state index in [1.54, 1.807) is 6.92 Å². The summed E-state index contributed by atoms with van der Waals surface area (Å²) in [7, 11) is 0.546. The highest BCUT2D eigenvalue weighted by molar-refractivity contribution is 6.34. The molecule has 0 aromatic heterocycles. The second-order valence-electron chi connectivity index (χ2n) is 2.62. The number of hydrogen-bond donors (Lipinski definition) is 0. The fourth-order valence-corrected chi connectivity index (χ4v) is 2.20. The number of hydrogen-bond acceptors (Lipinski definition) is 3. The van der Waals surface area contributed by atoms with Gasteiger partial charge in [-0.2, -0.15) is 0 Å². The fraction of sp³-hybridized carbons (Fsp3) is 0.571. The van der Waals surface area contributed by atoms with Gasteiger partial charge in [-0.1, -0.05) is 6.58 Å². The van der Waals surface area contributed by atoms with Gasteiger partial charge in [0, 0.05) is 5.57 Å². The summed E-state index contributed by atoms with van der Waals surface area (Å²) in [5, 5.41) is 0. The van der Waals surface area contributed by atoms with E-state index >= 15 is 0 Å². The highest BCUT2D eigenvalue weighted by Crippen LogP contribution is 1.95. The molecule has 0 aliphatic rings. The Balaban J connectivity index is 3.20. The Morgan fingerprint density at radius 1 is 1.67 bits per heavy atom. The van der Waals surface area contributed by atoms with E-state index in [9.17, 15) is 4.79 Å². The first-order valence-electron chi connectivity index (χ1n) is 4.00. The maximum absolute atomic E-state index is 10.8. The first kappa shape index (κ1) is 11.6. The third-order valence-electron chi connectivity index (χ3n) is 1.32. The molecule has 0 saturated heterocycles. The summed E-state index contributed by atoms with van der Waals surface area (Å²) >= 11 is 0. The van der Waals surface area contributed by atoms with E-state index in [1.165, 1.54) is 0 Å². The molecule has 70 valence electrons. The average molecular weight is 204 g/mol. The molecule has 0 unspecified atom stereocenters. The van der Waals surface area contributed by atoms with Gasteiger partial charge in [0.25, 0.3) is 0 Å². The van der Waals surface area contributed by atoms with E-state index in [0.29, 0.717) is 12.2 Å². The highest BCUT2D eigenvalue weighted by Gasteiger charge is 2.01. The quantitative estimate of drug-likeness (QED) is 0.248. The maximum atomic E-state index is 10.8.